The maximum Gasteiger partial charge on any atom is 0.336 e. The third-order valence-corrected chi connectivity index (χ3v) is 10.5. The van der Waals surface area contributed by atoms with Crippen LogP contribution in [0.4, 0.5) is 9.59 Å². The lowest BCUT2D eigenvalue weighted by Crippen LogP contribution is -2.62. The molecule has 1 aromatic carbocycles. The summed E-state index contributed by atoms with van der Waals surface area (Å²) in [4.78, 5) is 57.1. The Bertz CT molecular complexity index is 1410. The van der Waals surface area contributed by atoms with Crippen molar-refractivity contribution in [2.45, 2.75) is 113 Å². The quantitative estimate of drug-likeness (QED) is 0.220. The SMILES string of the molecule is CCCN(NC(=O)[C@@H]1[C@@H](CC(C)C)CCN1C(=O)[C@@H](NC(=O)N[C@H](CN(C)S(C)(=O)=O)C(C)(C)C)C(C)(C)C)C(=O)N[C@@H](C)c1ccccc1. The van der Waals surface area contributed by atoms with E-state index in [0.29, 0.717) is 25.8 Å². The molecular weight excluding hydrogens is 659 g/mol. The molecule has 14 heteroatoms. The molecule has 0 radical (unpaired) electrons. The van der Waals surface area contributed by atoms with Crippen LogP contribution in [0.25, 0.3) is 0 Å². The Labute approximate surface area is 300 Å². The van der Waals surface area contributed by atoms with Crippen molar-refractivity contribution in [3.05, 3.63) is 35.9 Å². The van der Waals surface area contributed by atoms with Crippen molar-refractivity contribution in [2.24, 2.45) is 22.7 Å². The molecule has 1 fully saturated rings. The van der Waals surface area contributed by atoms with E-state index < -0.39 is 62.9 Å². The van der Waals surface area contributed by atoms with E-state index in [9.17, 15) is 27.6 Å². The number of rotatable bonds is 13. The molecule has 6 amide bonds. The molecule has 0 saturated carbocycles. The first-order valence-corrected chi connectivity index (χ1v) is 19.5. The van der Waals surface area contributed by atoms with Gasteiger partial charge in [-0.2, -0.15) is 0 Å². The predicted molar refractivity (Wildman–Crippen MR) is 197 cm³/mol. The number of amides is 6. The lowest BCUT2D eigenvalue weighted by Gasteiger charge is -2.38. The molecule has 0 aromatic heterocycles. The van der Waals surface area contributed by atoms with E-state index in [-0.39, 0.29) is 31.0 Å². The van der Waals surface area contributed by atoms with Gasteiger partial charge in [-0.15, -0.1) is 0 Å². The number of benzene rings is 1. The number of carbonyl (C=O) groups excluding carboxylic acids is 4. The van der Waals surface area contributed by atoms with Crippen LogP contribution in [-0.2, 0) is 19.6 Å². The van der Waals surface area contributed by atoms with Gasteiger partial charge in [-0.25, -0.2) is 27.3 Å². The fourth-order valence-corrected chi connectivity index (χ4v) is 6.52. The van der Waals surface area contributed by atoms with E-state index in [0.717, 1.165) is 11.8 Å². The molecule has 0 aliphatic carbocycles. The maximum atomic E-state index is 14.4. The van der Waals surface area contributed by atoms with Crippen LogP contribution < -0.4 is 21.4 Å². The molecule has 5 atom stereocenters. The number of hydrogen-bond acceptors (Lipinski definition) is 6. The first kappa shape index (κ1) is 42.8. The van der Waals surface area contributed by atoms with Gasteiger partial charge in [0, 0.05) is 32.7 Å². The van der Waals surface area contributed by atoms with E-state index in [1.54, 1.807) is 4.90 Å². The first-order valence-electron chi connectivity index (χ1n) is 17.7. The van der Waals surface area contributed by atoms with Gasteiger partial charge in [-0.1, -0.05) is 92.6 Å². The molecule has 1 aromatic rings. The Kier molecular flexibility index (Phi) is 15.1. The van der Waals surface area contributed by atoms with Gasteiger partial charge in [0.15, 0.2) is 0 Å². The van der Waals surface area contributed by atoms with Gasteiger partial charge < -0.3 is 20.9 Å². The molecule has 0 bridgehead atoms. The van der Waals surface area contributed by atoms with Gasteiger partial charge in [0.25, 0.3) is 5.91 Å². The van der Waals surface area contributed by atoms with Crippen molar-refractivity contribution < 1.29 is 27.6 Å². The number of likely N-dealkylation sites (tertiary alicyclic amines) is 1. The topological polar surface area (TPSA) is 160 Å². The van der Waals surface area contributed by atoms with Gasteiger partial charge in [0.05, 0.1) is 12.3 Å². The third-order valence-electron chi connectivity index (χ3n) is 9.17. The van der Waals surface area contributed by atoms with E-state index in [2.05, 4.69) is 35.2 Å². The van der Waals surface area contributed by atoms with E-state index in [1.165, 1.54) is 16.4 Å². The lowest BCUT2D eigenvalue weighted by molar-refractivity contribution is -0.144. The molecule has 4 N–H and O–H groups in total. The highest BCUT2D eigenvalue weighted by atomic mass is 32.2. The van der Waals surface area contributed by atoms with Crippen molar-refractivity contribution in [1.29, 1.82) is 0 Å². The summed E-state index contributed by atoms with van der Waals surface area (Å²) in [5, 5.41) is 10.0. The second-order valence-electron chi connectivity index (χ2n) is 16.2. The smallest absolute Gasteiger partial charge is 0.334 e. The zero-order chi connectivity index (χ0) is 38.2. The Hall–Kier alpha value is -3.39. The molecule has 1 aliphatic rings. The van der Waals surface area contributed by atoms with Gasteiger partial charge in [0.2, 0.25) is 15.9 Å². The predicted octanol–water partition coefficient (Wildman–Crippen LogP) is 4.48. The Morgan fingerprint density at radius 1 is 0.940 bits per heavy atom. The van der Waals surface area contributed by atoms with Crippen LogP contribution in [0.5, 0.6) is 0 Å². The fourth-order valence-electron chi connectivity index (χ4n) is 6.10. The summed E-state index contributed by atoms with van der Waals surface area (Å²) in [6.45, 7) is 19.8. The highest BCUT2D eigenvalue weighted by molar-refractivity contribution is 7.88. The van der Waals surface area contributed by atoms with Crippen LogP contribution >= 0.6 is 0 Å². The maximum absolute atomic E-state index is 14.4. The number of nitrogens with one attached hydrogen (secondary N) is 4. The largest absolute Gasteiger partial charge is 0.336 e. The van der Waals surface area contributed by atoms with Gasteiger partial charge in [-0.05, 0) is 54.4 Å². The minimum atomic E-state index is -3.50. The van der Waals surface area contributed by atoms with Crippen LogP contribution in [0, 0.1) is 22.7 Å². The number of hydrogen-bond donors (Lipinski definition) is 4. The highest BCUT2D eigenvalue weighted by Crippen LogP contribution is 2.33. The van der Waals surface area contributed by atoms with Gasteiger partial charge >= 0.3 is 12.1 Å². The second kappa shape index (κ2) is 17.7. The van der Waals surface area contributed by atoms with Gasteiger partial charge in [0.1, 0.15) is 12.1 Å². The monoisotopic (exact) mass is 721 g/mol. The summed E-state index contributed by atoms with van der Waals surface area (Å²) < 4.78 is 25.5. The summed E-state index contributed by atoms with van der Waals surface area (Å²) >= 11 is 0. The molecule has 13 nitrogen and oxygen atoms in total. The lowest BCUT2D eigenvalue weighted by atomic mass is 9.85. The Morgan fingerprint density at radius 3 is 2.04 bits per heavy atom. The number of sulfonamides is 1. The molecule has 0 unspecified atom stereocenters. The zero-order valence-corrected chi connectivity index (χ0v) is 33.1. The highest BCUT2D eigenvalue weighted by Gasteiger charge is 2.47. The number of likely N-dealkylation sites (N-methyl/N-ethyl adjacent to an activating group) is 1. The number of hydrazine groups is 1. The summed E-state index contributed by atoms with van der Waals surface area (Å²) in [6, 6.07) is 5.74. The van der Waals surface area contributed by atoms with Crippen LogP contribution in [0.3, 0.4) is 0 Å². The van der Waals surface area contributed by atoms with Crippen molar-refractivity contribution in [3.8, 4) is 0 Å². The van der Waals surface area contributed by atoms with Crippen LogP contribution in [0.1, 0.15) is 100 Å². The fraction of sp³-hybridized carbons (Fsp3) is 0.722. The average molecular weight is 722 g/mol. The molecule has 50 heavy (non-hydrogen) atoms. The molecule has 1 aliphatic heterocycles. The van der Waals surface area contributed by atoms with E-state index in [4.69, 9.17) is 0 Å². The van der Waals surface area contributed by atoms with Gasteiger partial charge in [-0.3, -0.25) is 15.0 Å². The van der Waals surface area contributed by atoms with E-state index >= 15 is 0 Å². The number of nitrogens with zero attached hydrogens (tertiary/aromatic N) is 3. The minimum Gasteiger partial charge on any atom is -0.334 e. The molecule has 2 rings (SSSR count). The molecule has 284 valence electrons. The normalized spacial score (nSPS) is 18.7. The summed E-state index contributed by atoms with van der Waals surface area (Å²) in [7, 11) is -2.04. The standard InChI is InChI=1S/C36H63N7O6S/c1-13-20-43(34(47)37-25(4)26-17-15-14-16-18-26)40-31(44)29-27(22-24(2)3)19-21-42(29)32(45)30(36(8,9)10)39-33(46)38-28(35(5,6)7)23-41(11)50(12,48)49/h14-18,24-25,27-30H,13,19-23H2,1-12H3,(H,37,47)(H,40,44)(H2,38,39,46)/t25-,27+,28+,29-,30+/m0/s1. The summed E-state index contributed by atoms with van der Waals surface area (Å²) in [5.74, 6) is -0.746. The molecule has 1 heterocycles. The second-order valence-corrected chi connectivity index (χ2v) is 18.3. The van der Waals surface area contributed by atoms with Crippen LogP contribution in [0.2, 0.25) is 0 Å². The van der Waals surface area contributed by atoms with Crippen molar-refractivity contribution in [1.82, 2.24) is 35.6 Å². The minimum absolute atomic E-state index is 0.0428. The van der Waals surface area contributed by atoms with Crippen molar-refractivity contribution >= 4 is 33.9 Å². The Morgan fingerprint density at radius 2 is 1.54 bits per heavy atom. The van der Waals surface area contributed by atoms with E-state index in [1.807, 2.05) is 85.7 Å². The average Bonchev–Trinajstić information content (AvgIpc) is 3.40. The number of urea groups is 2. The summed E-state index contributed by atoms with van der Waals surface area (Å²) in [5.41, 5.74) is 2.51. The Balaban J connectivity index is 2.35. The van der Waals surface area contributed by atoms with Crippen molar-refractivity contribution in [2.75, 3.05) is 32.9 Å². The van der Waals surface area contributed by atoms with Crippen molar-refractivity contribution in [3.63, 3.8) is 0 Å². The number of carbonyl (C=O) groups is 4. The summed E-state index contributed by atoms with van der Waals surface area (Å²) in [6.07, 6.45) is 2.99. The molecular formula is C36H63N7O6S. The molecule has 0 spiro atoms. The first-order chi connectivity index (χ1) is 23.0. The zero-order valence-electron chi connectivity index (χ0n) is 32.3. The third kappa shape index (κ3) is 12.4. The molecule has 1 saturated heterocycles. The van der Waals surface area contributed by atoms with Crippen LogP contribution in [-0.4, -0.2) is 97.6 Å². The van der Waals surface area contributed by atoms with Crippen LogP contribution in [0.15, 0.2) is 30.3 Å².